The molecule has 2 aromatic heterocycles. The maximum Gasteiger partial charge on any atom is 0.160 e. The van der Waals surface area contributed by atoms with Crippen LogP contribution in [0.2, 0.25) is 0 Å². The zero-order valence-electron chi connectivity index (χ0n) is 27.4. The van der Waals surface area contributed by atoms with Gasteiger partial charge < -0.3 is 4.74 Å². The maximum absolute atomic E-state index is 6.71. The summed E-state index contributed by atoms with van der Waals surface area (Å²) < 4.78 is 9.25. The molecule has 0 amide bonds. The van der Waals surface area contributed by atoms with Gasteiger partial charge in [0.15, 0.2) is 5.82 Å². The van der Waals surface area contributed by atoms with E-state index in [1.165, 1.54) is 42.4 Å². The van der Waals surface area contributed by atoms with Gasteiger partial charge in [0.25, 0.3) is 0 Å². The van der Waals surface area contributed by atoms with Crippen LogP contribution in [0.25, 0.3) is 65.2 Å². The number of thiophene rings is 1. The molecule has 0 N–H and O–H groups in total. The van der Waals surface area contributed by atoms with E-state index in [0.717, 1.165) is 50.7 Å². The molecule has 0 unspecified atom stereocenters. The first-order chi connectivity index (χ1) is 25.3. The molecular weight excluding hydrogens is 641 g/mol. The second-order valence-electron chi connectivity index (χ2n) is 13.3. The summed E-state index contributed by atoms with van der Waals surface area (Å²) in [5.41, 5.74) is 11.6. The highest BCUT2D eigenvalue weighted by Crippen LogP contribution is 2.62. The molecule has 238 valence electrons. The fourth-order valence-electron chi connectivity index (χ4n) is 8.36. The lowest BCUT2D eigenvalue weighted by molar-refractivity contribution is 0.436. The van der Waals surface area contributed by atoms with Gasteiger partial charge in [-0.2, -0.15) is 0 Å². The summed E-state index contributed by atoms with van der Waals surface area (Å²) in [6.07, 6.45) is 0. The van der Waals surface area contributed by atoms with Crippen LogP contribution < -0.4 is 4.74 Å². The largest absolute Gasteiger partial charge is 0.457 e. The van der Waals surface area contributed by atoms with Crippen molar-refractivity contribution in [3.8, 4) is 56.5 Å². The third-order valence-corrected chi connectivity index (χ3v) is 11.7. The average Bonchev–Trinajstić information content (AvgIpc) is 3.72. The Hall–Kier alpha value is -6.36. The Morgan fingerprint density at radius 1 is 0.412 bits per heavy atom. The fraction of sp³-hybridized carbons (Fsp3) is 0.0213. The van der Waals surface area contributed by atoms with Crippen molar-refractivity contribution < 1.29 is 4.74 Å². The lowest BCUT2D eigenvalue weighted by atomic mass is 9.66. The molecule has 0 saturated carbocycles. The Morgan fingerprint density at radius 2 is 1.00 bits per heavy atom. The normalized spacial score (nSPS) is 13.4. The van der Waals surface area contributed by atoms with Gasteiger partial charge in [0.05, 0.1) is 16.8 Å². The van der Waals surface area contributed by atoms with E-state index in [0.29, 0.717) is 5.82 Å². The third-order valence-electron chi connectivity index (χ3n) is 10.6. The molecule has 1 spiro atoms. The summed E-state index contributed by atoms with van der Waals surface area (Å²) in [4.78, 5) is 10.4. The molecule has 0 atom stereocenters. The minimum Gasteiger partial charge on any atom is -0.457 e. The first-order valence-electron chi connectivity index (χ1n) is 17.2. The molecular formula is C47H28N2OS. The van der Waals surface area contributed by atoms with E-state index in [9.17, 15) is 0 Å². The Morgan fingerprint density at radius 3 is 1.78 bits per heavy atom. The van der Waals surface area contributed by atoms with Gasteiger partial charge in [-0.3, -0.25) is 0 Å². The molecule has 7 aromatic carbocycles. The standard InChI is InChI=1S/C47H28N2OS/c1-2-12-29(13-3-1)46-48-40(28-41(49-46)31-22-24-35-34-16-6-11-21-44(34)51-45(35)27-31)30-23-25-43-39(26-30)47(38-19-9-10-20-42(38)50-43)36-17-7-4-14-32(36)33-15-5-8-18-37(33)47/h1-28H. The number of ether oxygens (including phenoxy) is 1. The van der Waals surface area contributed by atoms with E-state index in [1.54, 1.807) is 0 Å². The van der Waals surface area contributed by atoms with Crippen molar-refractivity contribution in [3.05, 3.63) is 192 Å². The minimum atomic E-state index is -0.544. The van der Waals surface area contributed by atoms with Crippen molar-refractivity contribution in [2.45, 2.75) is 5.41 Å². The van der Waals surface area contributed by atoms with Gasteiger partial charge in [-0.1, -0.05) is 127 Å². The molecule has 3 heterocycles. The highest BCUT2D eigenvalue weighted by atomic mass is 32.1. The van der Waals surface area contributed by atoms with Gasteiger partial charge >= 0.3 is 0 Å². The highest BCUT2D eigenvalue weighted by Gasteiger charge is 2.51. The van der Waals surface area contributed by atoms with Crippen molar-refractivity contribution in [2.75, 3.05) is 0 Å². The van der Waals surface area contributed by atoms with Gasteiger partial charge in [0.1, 0.15) is 11.5 Å². The topological polar surface area (TPSA) is 35.0 Å². The van der Waals surface area contributed by atoms with Gasteiger partial charge in [-0.15, -0.1) is 11.3 Å². The van der Waals surface area contributed by atoms with Gasteiger partial charge in [0.2, 0.25) is 0 Å². The second kappa shape index (κ2) is 10.8. The maximum atomic E-state index is 6.71. The number of hydrogen-bond acceptors (Lipinski definition) is 4. The lowest BCUT2D eigenvalue weighted by Crippen LogP contribution is -2.32. The zero-order valence-corrected chi connectivity index (χ0v) is 28.2. The van der Waals surface area contributed by atoms with Gasteiger partial charge in [-0.05, 0) is 64.7 Å². The van der Waals surface area contributed by atoms with Crippen molar-refractivity contribution in [3.63, 3.8) is 0 Å². The van der Waals surface area contributed by atoms with Gasteiger partial charge in [-0.25, -0.2) is 9.97 Å². The Bertz CT molecular complexity index is 2810. The quantitative estimate of drug-likeness (QED) is 0.188. The number of fused-ring (bicyclic) bond motifs is 12. The smallest absolute Gasteiger partial charge is 0.160 e. The monoisotopic (exact) mass is 668 g/mol. The van der Waals surface area contributed by atoms with Crippen LogP contribution in [0.5, 0.6) is 11.5 Å². The summed E-state index contributed by atoms with van der Waals surface area (Å²) in [7, 11) is 0. The summed E-state index contributed by atoms with van der Waals surface area (Å²) in [5, 5.41) is 2.56. The van der Waals surface area contributed by atoms with Crippen LogP contribution in [0.4, 0.5) is 0 Å². The van der Waals surface area contributed by atoms with Crippen LogP contribution in [-0.4, -0.2) is 9.97 Å². The number of para-hydroxylation sites is 1. The van der Waals surface area contributed by atoms with Crippen LogP contribution in [-0.2, 0) is 5.41 Å². The van der Waals surface area contributed by atoms with E-state index in [2.05, 4.69) is 152 Å². The van der Waals surface area contributed by atoms with E-state index in [-0.39, 0.29) is 0 Å². The highest BCUT2D eigenvalue weighted by molar-refractivity contribution is 7.25. The molecule has 2 aliphatic rings. The Labute approximate surface area is 299 Å². The molecule has 11 rings (SSSR count). The van der Waals surface area contributed by atoms with Crippen molar-refractivity contribution >= 4 is 31.5 Å². The first kappa shape index (κ1) is 28.5. The molecule has 4 heteroatoms. The summed E-state index contributed by atoms with van der Waals surface area (Å²) in [6.45, 7) is 0. The lowest BCUT2D eigenvalue weighted by Gasteiger charge is -2.39. The SMILES string of the molecule is c1ccc(-c2nc(-c3ccc4c(c3)C3(c5ccccc5O4)c4ccccc4-c4ccccc43)cc(-c3ccc4c(c3)sc3ccccc34)n2)cc1. The molecule has 0 radical (unpaired) electrons. The number of nitrogens with zero attached hydrogens (tertiary/aromatic N) is 2. The minimum absolute atomic E-state index is 0.544. The summed E-state index contributed by atoms with van der Waals surface area (Å²) in [6, 6.07) is 60.5. The summed E-state index contributed by atoms with van der Waals surface area (Å²) >= 11 is 1.82. The van der Waals surface area contributed by atoms with Crippen LogP contribution in [0.3, 0.4) is 0 Å². The molecule has 3 nitrogen and oxygen atoms in total. The number of benzene rings is 7. The molecule has 51 heavy (non-hydrogen) atoms. The Kier molecular flexibility index (Phi) is 6.04. The first-order valence-corrected chi connectivity index (χ1v) is 18.1. The van der Waals surface area contributed by atoms with Gasteiger partial charge in [0, 0.05) is 48.0 Å². The van der Waals surface area contributed by atoms with E-state index in [1.807, 2.05) is 29.5 Å². The molecule has 0 fully saturated rings. The van der Waals surface area contributed by atoms with E-state index in [4.69, 9.17) is 14.7 Å². The second-order valence-corrected chi connectivity index (χ2v) is 14.4. The third kappa shape index (κ3) is 4.11. The van der Waals surface area contributed by atoms with E-state index < -0.39 is 5.41 Å². The fourth-order valence-corrected chi connectivity index (χ4v) is 9.51. The van der Waals surface area contributed by atoms with Crippen LogP contribution in [0.1, 0.15) is 22.3 Å². The molecule has 0 saturated heterocycles. The van der Waals surface area contributed by atoms with Crippen molar-refractivity contribution in [1.82, 2.24) is 9.97 Å². The zero-order chi connectivity index (χ0) is 33.5. The molecule has 9 aromatic rings. The van der Waals surface area contributed by atoms with E-state index >= 15 is 0 Å². The molecule has 1 aliphatic carbocycles. The molecule has 1 aliphatic heterocycles. The average molecular weight is 669 g/mol. The van der Waals surface area contributed by atoms with Crippen LogP contribution in [0, 0.1) is 0 Å². The van der Waals surface area contributed by atoms with Crippen LogP contribution in [0.15, 0.2) is 170 Å². The number of aromatic nitrogens is 2. The van der Waals surface area contributed by atoms with Crippen molar-refractivity contribution in [1.29, 1.82) is 0 Å². The van der Waals surface area contributed by atoms with Crippen LogP contribution >= 0.6 is 11.3 Å². The molecule has 0 bridgehead atoms. The Balaban J connectivity index is 1.15. The van der Waals surface area contributed by atoms with Crippen molar-refractivity contribution in [2.24, 2.45) is 0 Å². The number of rotatable bonds is 3. The predicted octanol–water partition coefficient (Wildman–Crippen LogP) is 12.3. The summed E-state index contributed by atoms with van der Waals surface area (Å²) in [5.74, 6) is 2.44. The number of hydrogen-bond donors (Lipinski definition) is 0. The predicted molar refractivity (Wildman–Crippen MR) is 209 cm³/mol.